The van der Waals surface area contributed by atoms with E-state index in [9.17, 15) is 19.6 Å². The number of nitrogens with zero attached hydrogens (tertiary/aromatic N) is 4. The zero-order valence-electron chi connectivity index (χ0n) is 18.3. The molecule has 1 unspecified atom stereocenters. The number of nitro benzene ring substituents is 1. The van der Waals surface area contributed by atoms with Gasteiger partial charge in [-0.25, -0.2) is 4.57 Å². The number of phosphoric acid groups is 1. The number of rotatable bonds is 13. The van der Waals surface area contributed by atoms with Crippen molar-refractivity contribution in [1.82, 2.24) is 0 Å². The molecule has 174 valence electrons. The molecule has 0 aliphatic rings. The van der Waals surface area contributed by atoms with E-state index in [2.05, 4.69) is 10.2 Å². The first kappa shape index (κ1) is 25.6. The molecule has 0 aliphatic carbocycles. The molecule has 0 heterocycles. The van der Waals surface area contributed by atoms with Gasteiger partial charge in [0.2, 0.25) is 0 Å². The quantitative estimate of drug-likeness (QED) is 0.113. The molecule has 0 amide bonds. The summed E-state index contributed by atoms with van der Waals surface area (Å²) in [6, 6.07) is 12.6. The fourth-order valence-electron chi connectivity index (χ4n) is 2.26. The smallest absolute Gasteiger partial charge is 0.472 e. The monoisotopic (exact) mass is 467 g/mol. The Labute approximate surface area is 186 Å². The van der Waals surface area contributed by atoms with Crippen molar-refractivity contribution < 1.29 is 32.6 Å². The van der Waals surface area contributed by atoms with E-state index in [-0.39, 0.29) is 18.9 Å². The van der Waals surface area contributed by atoms with Gasteiger partial charge in [-0.05, 0) is 36.4 Å². The minimum Gasteiger partial charge on any atom is -0.494 e. The minimum absolute atomic E-state index is 0.00922. The van der Waals surface area contributed by atoms with Gasteiger partial charge in [0.25, 0.3) is 5.69 Å². The predicted molar refractivity (Wildman–Crippen MR) is 118 cm³/mol. The Bertz CT molecular complexity index is 944. The molecule has 0 fully saturated rings. The van der Waals surface area contributed by atoms with Crippen molar-refractivity contribution in [2.24, 2.45) is 10.2 Å². The van der Waals surface area contributed by atoms with Gasteiger partial charge in [0.15, 0.2) is 0 Å². The highest BCUT2D eigenvalue weighted by Gasteiger charge is 2.22. The van der Waals surface area contributed by atoms with Gasteiger partial charge in [0.05, 0.1) is 50.7 Å². The number of hydrogen-bond donors (Lipinski definition) is 1. The third kappa shape index (κ3) is 10.1. The van der Waals surface area contributed by atoms with Crippen LogP contribution in [0, 0.1) is 10.1 Å². The van der Waals surface area contributed by atoms with Crippen molar-refractivity contribution in [1.29, 1.82) is 0 Å². The Hall–Kier alpha value is -2.69. The maximum Gasteiger partial charge on any atom is 0.472 e. The van der Waals surface area contributed by atoms with Crippen LogP contribution in [0.5, 0.6) is 5.75 Å². The second kappa shape index (κ2) is 11.8. The molecular weight excluding hydrogens is 439 g/mol. The molecule has 0 aliphatic heterocycles. The van der Waals surface area contributed by atoms with E-state index >= 15 is 0 Å². The van der Waals surface area contributed by atoms with Gasteiger partial charge in [-0.2, -0.15) is 10.2 Å². The molecular formula is C20H28N4O7P+. The van der Waals surface area contributed by atoms with Crippen LogP contribution in [0.1, 0.15) is 6.42 Å². The van der Waals surface area contributed by atoms with E-state index in [1.165, 1.54) is 24.3 Å². The molecule has 11 nitrogen and oxygen atoms in total. The summed E-state index contributed by atoms with van der Waals surface area (Å²) in [5.41, 5.74) is 1.08. The molecule has 0 bridgehead atoms. The van der Waals surface area contributed by atoms with E-state index in [0.29, 0.717) is 41.2 Å². The average molecular weight is 467 g/mol. The highest BCUT2D eigenvalue weighted by atomic mass is 31.2. The minimum atomic E-state index is -4.06. The lowest BCUT2D eigenvalue weighted by Crippen LogP contribution is -2.37. The van der Waals surface area contributed by atoms with Crippen molar-refractivity contribution in [2.45, 2.75) is 6.42 Å². The molecule has 0 saturated carbocycles. The summed E-state index contributed by atoms with van der Waals surface area (Å²) in [7, 11) is 1.81. The van der Waals surface area contributed by atoms with Crippen molar-refractivity contribution in [2.75, 3.05) is 47.5 Å². The Morgan fingerprint density at radius 1 is 0.938 bits per heavy atom. The van der Waals surface area contributed by atoms with E-state index in [1.54, 1.807) is 24.3 Å². The molecule has 1 N–H and O–H groups in total. The maximum absolute atomic E-state index is 11.8. The van der Waals surface area contributed by atoms with Crippen LogP contribution in [-0.4, -0.2) is 61.8 Å². The fourth-order valence-corrected chi connectivity index (χ4v) is 3.01. The van der Waals surface area contributed by atoms with E-state index < -0.39 is 12.7 Å². The molecule has 2 aromatic rings. The molecule has 1 atom stereocenters. The molecule has 0 radical (unpaired) electrons. The topological polar surface area (TPSA) is 133 Å². The summed E-state index contributed by atoms with van der Waals surface area (Å²) >= 11 is 0. The van der Waals surface area contributed by atoms with Crippen molar-refractivity contribution in [3.8, 4) is 5.75 Å². The lowest BCUT2D eigenvalue weighted by molar-refractivity contribution is -0.870. The van der Waals surface area contributed by atoms with E-state index in [4.69, 9.17) is 13.8 Å². The number of azo groups is 1. The third-order valence-electron chi connectivity index (χ3n) is 4.01. The molecule has 2 rings (SSSR count). The number of benzene rings is 2. The molecule has 0 saturated heterocycles. The summed E-state index contributed by atoms with van der Waals surface area (Å²) in [4.78, 5) is 19.8. The lowest BCUT2D eigenvalue weighted by Gasteiger charge is -2.24. The number of hydrogen-bond acceptors (Lipinski definition) is 8. The molecule has 0 spiro atoms. The van der Waals surface area contributed by atoms with Gasteiger partial charge in [-0.1, -0.05) is 0 Å². The van der Waals surface area contributed by atoms with Gasteiger partial charge >= 0.3 is 7.82 Å². The SMILES string of the molecule is C[N+](C)(C)CCOP(=O)(O)OCCCOc1ccc(N=Nc2ccc([N+](=O)[O-])cc2)cc1. The lowest BCUT2D eigenvalue weighted by atomic mass is 10.3. The summed E-state index contributed by atoms with van der Waals surface area (Å²) in [5.74, 6) is 0.602. The zero-order valence-corrected chi connectivity index (χ0v) is 19.2. The average Bonchev–Trinajstić information content (AvgIpc) is 2.72. The van der Waals surface area contributed by atoms with Crippen LogP contribution < -0.4 is 4.74 Å². The van der Waals surface area contributed by atoms with Crippen LogP contribution in [0.15, 0.2) is 58.8 Å². The number of ether oxygens (including phenoxy) is 1. The second-order valence-corrected chi connectivity index (χ2v) is 9.27. The van der Waals surface area contributed by atoms with Crippen LogP contribution in [0.3, 0.4) is 0 Å². The molecule has 12 heteroatoms. The first-order valence-corrected chi connectivity index (χ1v) is 11.3. The molecule has 2 aromatic carbocycles. The summed E-state index contributed by atoms with van der Waals surface area (Å²) < 4.78 is 27.9. The Morgan fingerprint density at radius 3 is 2.00 bits per heavy atom. The van der Waals surface area contributed by atoms with Crippen LogP contribution in [-0.2, 0) is 13.6 Å². The molecule has 32 heavy (non-hydrogen) atoms. The summed E-state index contributed by atoms with van der Waals surface area (Å²) in [6.45, 7) is 1.03. The number of nitro groups is 1. The second-order valence-electron chi connectivity index (χ2n) is 7.82. The van der Waals surface area contributed by atoms with Gasteiger partial charge in [0, 0.05) is 18.6 Å². The highest BCUT2D eigenvalue weighted by molar-refractivity contribution is 7.47. The first-order valence-electron chi connectivity index (χ1n) is 9.85. The van der Waals surface area contributed by atoms with Gasteiger partial charge in [0.1, 0.15) is 18.9 Å². The molecule has 0 aromatic heterocycles. The number of quaternary nitrogens is 1. The highest BCUT2D eigenvalue weighted by Crippen LogP contribution is 2.43. The van der Waals surface area contributed by atoms with Crippen LogP contribution in [0.4, 0.5) is 17.1 Å². The standard InChI is InChI=1S/C20H27N4O7P/c1-24(2,3)13-16-31-32(27,28)30-15-4-14-29-20-11-7-18(8-12-20)22-21-17-5-9-19(10-6-17)23(25)26/h5-12H,4,13-16H2,1-3H3/p+1. The van der Waals surface area contributed by atoms with Crippen LogP contribution >= 0.6 is 7.82 Å². The summed E-state index contributed by atoms with van der Waals surface area (Å²) in [5, 5.41) is 18.8. The van der Waals surface area contributed by atoms with Gasteiger partial charge in [-0.3, -0.25) is 19.2 Å². The van der Waals surface area contributed by atoms with Gasteiger partial charge in [-0.15, -0.1) is 0 Å². The third-order valence-corrected chi connectivity index (χ3v) is 5.02. The van der Waals surface area contributed by atoms with Crippen LogP contribution in [0.2, 0.25) is 0 Å². The van der Waals surface area contributed by atoms with E-state index in [0.717, 1.165) is 0 Å². The Morgan fingerprint density at radius 2 is 1.47 bits per heavy atom. The number of phosphoric ester groups is 1. The number of non-ortho nitro benzene ring substituents is 1. The predicted octanol–water partition coefficient (Wildman–Crippen LogP) is 4.62. The maximum atomic E-state index is 11.8. The fraction of sp³-hybridized carbons (Fsp3) is 0.400. The Kier molecular flexibility index (Phi) is 9.42. The zero-order chi connectivity index (χ0) is 23.6. The van der Waals surface area contributed by atoms with Crippen molar-refractivity contribution in [3.05, 3.63) is 58.6 Å². The van der Waals surface area contributed by atoms with Crippen molar-refractivity contribution >= 4 is 24.9 Å². The van der Waals surface area contributed by atoms with E-state index in [1.807, 2.05) is 21.1 Å². The largest absolute Gasteiger partial charge is 0.494 e. The Balaban J connectivity index is 1.69. The first-order chi connectivity index (χ1) is 15.0. The normalized spacial score (nSPS) is 13.8. The summed E-state index contributed by atoms with van der Waals surface area (Å²) in [6.07, 6.45) is 0.408. The van der Waals surface area contributed by atoms with Crippen LogP contribution in [0.25, 0.3) is 0 Å². The number of likely N-dealkylation sites (N-methyl/N-ethyl adjacent to an activating group) is 1. The van der Waals surface area contributed by atoms with Gasteiger partial charge < -0.3 is 14.1 Å². The van der Waals surface area contributed by atoms with Crippen molar-refractivity contribution in [3.63, 3.8) is 0 Å².